The van der Waals surface area contributed by atoms with Gasteiger partial charge in [-0.2, -0.15) is 13.2 Å². The maximum absolute atomic E-state index is 12.7. The minimum Gasteiger partial charge on any atom is -0.303 e. The molecule has 1 nitrogen and oxygen atoms in total. The lowest BCUT2D eigenvalue weighted by molar-refractivity contribution is -0.163. The molecule has 0 amide bonds. The number of nitrogens with one attached hydrogen (secondary N) is 1. The summed E-state index contributed by atoms with van der Waals surface area (Å²) < 4.78 is 38.2. The van der Waals surface area contributed by atoms with E-state index in [-0.39, 0.29) is 12.5 Å². The zero-order valence-electron chi connectivity index (χ0n) is 11.3. The third kappa shape index (κ3) is 3.50. The molecule has 0 radical (unpaired) electrons. The van der Waals surface area contributed by atoms with Gasteiger partial charge in [0.1, 0.15) is 6.04 Å². The first kappa shape index (κ1) is 14.4. The van der Waals surface area contributed by atoms with E-state index in [2.05, 4.69) is 5.32 Å². The first-order chi connectivity index (χ1) is 8.88. The highest BCUT2D eigenvalue weighted by Gasteiger charge is 2.41. The second kappa shape index (κ2) is 5.53. The van der Waals surface area contributed by atoms with Crippen LogP contribution in [0.1, 0.15) is 36.0 Å². The van der Waals surface area contributed by atoms with Crippen molar-refractivity contribution in [1.29, 1.82) is 0 Å². The zero-order valence-corrected chi connectivity index (χ0v) is 11.3. The molecule has 1 aromatic carbocycles. The Kier molecular flexibility index (Phi) is 4.19. The number of aryl methyl sites for hydroxylation is 2. The van der Waals surface area contributed by atoms with Gasteiger partial charge in [-0.25, -0.2) is 0 Å². The molecule has 0 saturated carbocycles. The highest BCUT2D eigenvalue weighted by Crippen LogP contribution is 2.29. The molecule has 2 unspecified atom stereocenters. The second-order valence-electron chi connectivity index (χ2n) is 5.46. The molecule has 1 aromatic rings. The molecule has 1 heterocycles. The molecule has 1 N–H and O–H groups in total. The monoisotopic (exact) mass is 271 g/mol. The summed E-state index contributed by atoms with van der Waals surface area (Å²) in [6, 6.07) is 4.62. The normalized spacial score (nSPS) is 24.5. The van der Waals surface area contributed by atoms with Gasteiger partial charge in [0.15, 0.2) is 0 Å². The zero-order chi connectivity index (χ0) is 14.0. The summed E-state index contributed by atoms with van der Waals surface area (Å²) in [5, 5.41) is 2.77. The summed E-state index contributed by atoms with van der Waals surface area (Å²) >= 11 is 0. The molecule has 0 aromatic heterocycles. The largest absolute Gasteiger partial charge is 0.403 e. The maximum Gasteiger partial charge on any atom is 0.403 e. The highest BCUT2D eigenvalue weighted by atomic mass is 19.4. The van der Waals surface area contributed by atoms with Crippen molar-refractivity contribution in [2.75, 3.05) is 0 Å². The Labute approximate surface area is 112 Å². The molecule has 1 aliphatic heterocycles. The van der Waals surface area contributed by atoms with E-state index >= 15 is 0 Å². The molecule has 4 heteroatoms. The molecule has 0 bridgehead atoms. The molecule has 2 atom stereocenters. The van der Waals surface area contributed by atoms with Crippen LogP contribution >= 0.6 is 0 Å². The summed E-state index contributed by atoms with van der Waals surface area (Å²) in [4.78, 5) is 0. The van der Waals surface area contributed by atoms with E-state index in [0.29, 0.717) is 12.8 Å². The van der Waals surface area contributed by atoms with E-state index in [1.807, 2.05) is 32.0 Å². The first-order valence-electron chi connectivity index (χ1n) is 6.76. The van der Waals surface area contributed by atoms with Crippen LogP contribution in [0.5, 0.6) is 0 Å². The summed E-state index contributed by atoms with van der Waals surface area (Å²) in [7, 11) is 0. The van der Waals surface area contributed by atoms with Crippen molar-refractivity contribution in [3.8, 4) is 0 Å². The van der Waals surface area contributed by atoms with Crippen LogP contribution in [0.3, 0.4) is 0 Å². The van der Waals surface area contributed by atoms with Crippen molar-refractivity contribution in [2.45, 2.75) is 57.8 Å². The topological polar surface area (TPSA) is 12.0 Å². The van der Waals surface area contributed by atoms with E-state index in [1.165, 1.54) is 5.56 Å². The van der Waals surface area contributed by atoms with Gasteiger partial charge in [-0.3, -0.25) is 0 Å². The van der Waals surface area contributed by atoms with Crippen LogP contribution in [-0.2, 0) is 6.42 Å². The Morgan fingerprint density at radius 2 is 1.79 bits per heavy atom. The van der Waals surface area contributed by atoms with Crippen LogP contribution in [0.4, 0.5) is 13.2 Å². The molecule has 2 rings (SSSR count). The predicted octanol–water partition coefficient (Wildman–Crippen LogP) is 3.92. The lowest BCUT2D eigenvalue weighted by atomic mass is 9.90. The summed E-state index contributed by atoms with van der Waals surface area (Å²) in [5.41, 5.74) is 3.51. The fourth-order valence-electron chi connectivity index (χ4n) is 2.86. The van der Waals surface area contributed by atoms with E-state index in [4.69, 9.17) is 0 Å². The lowest BCUT2D eigenvalue weighted by Crippen LogP contribution is -2.51. The van der Waals surface area contributed by atoms with Crippen molar-refractivity contribution in [1.82, 2.24) is 5.32 Å². The van der Waals surface area contributed by atoms with Crippen molar-refractivity contribution in [3.05, 3.63) is 34.9 Å². The third-order valence-corrected chi connectivity index (χ3v) is 3.97. The van der Waals surface area contributed by atoms with Crippen LogP contribution in [0, 0.1) is 13.8 Å². The molecule has 0 aliphatic carbocycles. The van der Waals surface area contributed by atoms with Crippen molar-refractivity contribution < 1.29 is 13.2 Å². The average molecular weight is 271 g/mol. The van der Waals surface area contributed by atoms with E-state index in [9.17, 15) is 13.2 Å². The highest BCUT2D eigenvalue weighted by molar-refractivity contribution is 5.34. The van der Waals surface area contributed by atoms with E-state index in [0.717, 1.165) is 17.5 Å². The second-order valence-corrected chi connectivity index (χ2v) is 5.46. The van der Waals surface area contributed by atoms with Gasteiger partial charge >= 0.3 is 6.18 Å². The molecule has 1 fully saturated rings. The van der Waals surface area contributed by atoms with Crippen LogP contribution in [-0.4, -0.2) is 18.3 Å². The maximum atomic E-state index is 12.7. The standard InChI is InChI=1S/C15H20F3N/c1-10-5-3-6-11(2)13(10)9-12-7-4-8-14(19-12)15(16,17)18/h3,5-6,12,14,19H,4,7-9H2,1-2H3. The van der Waals surface area contributed by atoms with Crippen molar-refractivity contribution >= 4 is 0 Å². The number of benzene rings is 1. The molecule has 19 heavy (non-hydrogen) atoms. The Morgan fingerprint density at radius 1 is 1.16 bits per heavy atom. The molecule has 1 saturated heterocycles. The van der Waals surface area contributed by atoms with Crippen LogP contribution < -0.4 is 5.32 Å². The van der Waals surface area contributed by atoms with Gasteiger partial charge in [0.25, 0.3) is 0 Å². The Morgan fingerprint density at radius 3 is 2.37 bits per heavy atom. The Hall–Kier alpha value is -1.03. The van der Waals surface area contributed by atoms with Gasteiger partial charge in [0.05, 0.1) is 0 Å². The minimum absolute atomic E-state index is 0.0693. The lowest BCUT2D eigenvalue weighted by Gasteiger charge is -2.33. The van der Waals surface area contributed by atoms with Gasteiger partial charge < -0.3 is 5.32 Å². The smallest absolute Gasteiger partial charge is 0.303 e. The number of hydrogen-bond donors (Lipinski definition) is 1. The van der Waals surface area contributed by atoms with Crippen LogP contribution in [0.15, 0.2) is 18.2 Å². The fourth-order valence-corrected chi connectivity index (χ4v) is 2.86. The van der Waals surface area contributed by atoms with E-state index < -0.39 is 12.2 Å². The SMILES string of the molecule is Cc1cccc(C)c1CC1CCCC(C(F)(F)F)N1. The minimum atomic E-state index is -4.13. The first-order valence-corrected chi connectivity index (χ1v) is 6.76. The van der Waals surface area contributed by atoms with Gasteiger partial charge in [0, 0.05) is 6.04 Å². The fraction of sp³-hybridized carbons (Fsp3) is 0.600. The van der Waals surface area contributed by atoms with Crippen LogP contribution in [0.2, 0.25) is 0 Å². The van der Waals surface area contributed by atoms with Crippen molar-refractivity contribution in [3.63, 3.8) is 0 Å². The average Bonchev–Trinajstić information content (AvgIpc) is 2.33. The number of alkyl halides is 3. The van der Waals surface area contributed by atoms with Crippen molar-refractivity contribution in [2.24, 2.45) is 0 Å². The van der Waals surface area contributed by atoms with Gasteiger partial charge in [-0.15, -0.1) is 0 Å². The number of piperidine rings is 1. The molecule has 106 valence electrons. The molecular weight excluding hydrogens is 251 g/mol. The van der Waals surface area contributed by atoms with Crippen LogP contribution in [0.25, 0.3) is 0 Å². The van der Waals surface area contributed by atoms with E-state index in [1.54, 1.807) is 0 Å². The van der Waals surface area contributed by atoms with Gasteiger partial charge in [-0.1, -0.05) is 18.2 Å². The van der Waals surface area contributed by atoms with Gasteiger partial charge in [0.2, 0.25) is 0 Å². The quantitative estimate of drug-likeness (QED) is 0.859. The summed E-state index contributed by atoms with van der Waals surface area (Å²) in [5.74, 6) is 0. The molecule has 1 aliphatic rings. The number of hydrogen-bond acceptors (Lipinski definition) is 1. The van der Waals surface area contributed by atoms with Gasteiger partial charge in [-0.05, 0) is 56.2 Å². The third-order valence-electron chi connectivity index (χ3n) is 3.97. The number of rotatable bonds is 2. The Bertz CT molecular complexity index is 419. The summed E-state index contributed by atoms with van der Waals surface area (Å²) in [6.45, 7) is 4.04. The summed E-state index contributed by atoms with van der Waals surface area (Å²) in [6.07, 6.45) is -1.77. The predicted molar refractivity (Wildman–Crippen MR) is 70.2 cm³/mol. The number of halogens is 3. The Balaban J connectivity index is 2.07. The molecule has 0 spiro atoms. The molecular formula is C15H20F3N.